The van der Waals surface area contributed by atoms with E-state index in [4.69, 9.17) is 0 Å². The fourth-order valence-corrected chi connectivity index (χ4v) is 2.76. The van der Waals surface area contributed by atoms with Gasteiger partial charge in [0.05, 0.1) is 6.10 Å². The van der Waals surface area contributed by atoms with Crippen molar-refractivity contribution >= 4 is 8.58 Å². The van der Waals surface area contributed by atoms with E-state index in [0.29, 0.717) is 0 Å². The molecule has 0 radical (unpaired) electrons. The first-order valence-electron chi connectivity index (χ1n) is 5.03. The molecule has 0 aromatic rings. The van der Waals surface area contributed by atoms with E-state index in [-0.39, 0.29) is 6.04 Å². The summed E-state index contributed by atoms with van der Waals surface area (Å²) in [6.45, 7) is 7.27. The second-order valence-corrected chi connectivity index (χ2v) is 4.65. The zero-order chi connectivity index (χ0) is 11.1. The molecule has 1 rings (SSSR count). The van der Waals surface area contributed by atoms with Gasteiger partial charge in [-0.25, -0.2) is 0 Å². The summed E-state index contributed by atoms with van der Waals surface area (Å²) in [5.41, 5.74) is 0.883. The molecule has 1 saturated heterocycles. The summed E-state index contributed by atoms with van der Waals surface area (Å²) in [6.07, 6.45) is 10.6. The van der Waals surface area contributed by atoms with Crippen molar-refractivity contribution < 1.29 is 5.11 Å². The van der Waals surface area contributed by atoms with Crippen LogP contribution >= 0.6 is 8.58 Å². The standard InChI is InChI=1S/C12H18NOP/c1-3-5-7-10(6-4-2)12(14)11-8-15-9-13-11/h3-7,11-15H,1-2,8-9H2/b7-5-,10-6+. The van der Waals surface area contributed by atoms with Crippen LogP contribution in [-0.4, -0.2) is 29.7 Å². The number of rotatable bonds is 5. The van der Waals surface area contributed by atoms with Crippen molar-refractivity contribution in [3.05, 3.63) is 49.1 Å². The average Bonchev–Trinajstić information content (AvgIpc) is 2.76. The molecule has 15 heavy (non-hydrogen) atoms. The van der Waals surface area contributed by atoms with Gasteiger partial charge in [-0.2, -0.15) is 0 Å². The minimum Gasteiger partial charge on any atom is -0.387 e. The van der Waals surface area contributed by atoms with Gasteiger partial charge >= 0.3 is 0 Å². The first-order chi connectivity index (χ1) is 7.29. The maximum atomic E-state index is 10.1. The van der Waals surface area contributed by atoms with E-state index in [9.17, 15) is 5.11 Å². The van der Waals surface area contributed by atoms with Crippen LogP contribution in [0.4, 0.5) is 0 Å². The molecule has 3 heteroatoms. The van der Waals surface area contributed by atoms with Crippen LogP contribution in [-0.2, 0) is 0 Å². The average molecular weight is 223 g/mol. The van der Waals surface area contributed by atoms with E-state index in [1.807, 2.05) is 18.2 Å². The number of hydrogen-bond donors (Lipinski definition) is 2. The van der Waals surface area contributed by atoms with Gasteiger partial charge in [-0.15, -0.1) is 8.58 Å². The van der Waals surface area contributed by atoms with Crippen molar-refractivity contribution in [1.29, 1.82) is 0 Å². The lowest BCUT2D eigenvalue weighted by atomic mass is 10.0. The van der Waals surface area contributed by atoms with Crippen LogP contribution in [0.3, 0.4) is 0 Å². The molecule has 0 saturated carbocycles. The lowest BCUT2D eigenvalue weighted by Gasteiger charge is -2.18. The van der Waals surface area contributed by atoms with Gasteiger partial charge in [-0.05, 0) is 11.7 Å². The number of aliphatic hydroxyl groups is 1. The molecule has 1 aliphatic heterocycles. The van der Waals surface area contributed by atoms with E-state index in [0.717, 1.165) is 26.6 Å². The van der Waals surface area contributed by atoms with Crippen LogP contribution in [0.2, 0.25) is 0 Å². The molecule has 1 aliphatic rings. The maximum Gasteiger partial charge on any atom is 0.0946 e. The zero-order valence-electron chi connectivity index (χ0n) is 8.82. The minimum atomic E-state index is -0.450. The highest BCUT2D eigenvalue weighted by atomic mass is 31.1. The predicted molar refractivity (Wildman–Crippen MR) is 68.6 cm³/mol. The monoisotopic (exact) mass is 223 g/mol. The van der Waals surface area contributed by atoms with Gasteiger partial charge in [-0.1, -0.05) is 43.5 Å². The lowest BCUT2D eigenvalue weighted by molar-refractivity contribution is 0.180. The summed E-state index contributed by atoms with van der Waals surface area (Å²) in [6, 6.07) is 0.184. The van der Waals surface area contributed by atoms with E-state index in [1.165, 1.54) is 0 Å². The second kappa shape index (κ2) is 6.73. The third kappa shape index (κ3) is 3.75. The highest BCUT2D eigenvalue weighted by Gasteiger charge is 2.23. The molecule has 1 fully saturated rings. The summed E-state index contributed by atoms with van der Waals surface area (Å²) in [5.74, 6) is 0. The Morgan fingerprint density at radius 2 is 2.27 bits per heavy atom. The SMILES string of the molecule is C=C/C=C\C(=C/C=C)C(O)C1CPCN1. The van der Waals surface area contributed by atoms with E-state index >= 15 is 0 Å². The molecule has 0 aromatic carbocycles. The Morgan fingerprint density at radius 1 is 1.47 bits per heavy atom. The third-order valence-electron chi connectivity index (χ3n) is 2.31. The Morgan fingerprint density at radius 3 is 2.80 bits per heavy atom. The number of nitrogens with one attached hydrogen (secondary N) is 1. The van der Waals surface area contributed by atoms with E-state index in [1.54, 1.807) is 12.2 Å². The minimum absolute atomic E-state index is 0.184. The number of allylic oxidation sites excluding steroid dienone is 4. The molecule has 1 heterocycles. The number of hydrogen-bond acceptors (Lipinski definition) is 2. The predicted octanol–water partition coefficient (Wildman–Crippen LogP) is 1.81. The van der Waals surface area contributed by atoms with Crippen molar-refractivity contribution in [2.24, 2.45) is 0 Å². The molecule has 2 N–H and O–H groups in total. The summed E-state index contributed by atoms with van der Waals surface area (Å²) in [7, 11) is 0.910. The maximum absolute atomic E-state index is 10.1. The molecule has 3 atom stereocenters. The Labute approximate surface area is 93.2 Å². The molecule has 3 unspecified atom stereocenters. The highest BCUT2D eigenvalue weighted by molar-refractivity contribution is 7.38. The van der Waals surface area contributed by atoms with Gasteiger partial charge in [0.15, 0.2) is 0 Å². The molecule has 0 amide bonds. The first-order valence-corrected chi connectivity index (χ1v) is 6.45. The van der Waals surface area contributed by atoms with Crippen LogP contribution in [0, 0.1) is 0 Å². The van der Waals surface area contributed by atoms with Gasteiger partial charge in [0.1, 0.15) is 0 Å². The molecule has 0 bridgehead atoms. The normalized spacial score (nSPS) is 25.9. The lowest BCUT2D eigenvalue weighted by Crippen LogP contribution is -2.37. The molecule has 0 spiro atoms. The van der Waals surface area contributed by atoms with Crippen molar-refractivity contribution in [2.75, 3.05) is 12.4 Å². The molecule has 0 aliphatic carbocycles. The van der Waals surface area contributed by atoms with Crippen molar-refractivity contribution in [3.63, 3.8) is 0 Å². The zero-order valence-corrected chi connectivity index (χ0v) is 9.82. The Balaban J connectivity index is 2.69. The van der Waals surface area contributed by atoms with Crippen molar-refractivity contribution in [3.8, 4) is 0 Å². The van der Waals surface area contributed by atoms with E-state index < -0.39 is 6.10 Å². The Kier molecular flexibility index (Phi) is 5.56. The molecule has 0 aromatic heterocycles. The number of aliphatic hydroxyl groups excluding tert-OH is 1. The Hall–Kier alpha value is -0.690. The summed E-state index contributed by atoms with van der Waals surface area (Å²) >= 11 is 0. The summed E-state index contributed by atoms with van der Waals surface area (Å²) in [4.78, 5) is 0. The summed E-state index contributed by atoms with van der Waals surface area (Å²) in [5, 5.41) is 13.4. The van der Waals surface area contributed by atoms with Crippen molar-refractivity contribution in [2.45, 2.75) is 12.1 Å². The van der Waals surface area contributed by atoms with Crippen LogP contribution < -0.4 is 5.32 Å². The molecular formula is C12H18NOP. The van der Waals surface area contributed by atoms with Crippen LogP contribution in [0.5, 0.6) is 0 Å². The van der Waals surface area contributed by atoms with Crippen LogP contribution in [0.1, 0.15) is 0 Å². The Bertz CT molecular complexity index is 277. The van der Waals surface area contributed by atoms with Gasteiger partial charge in [0, 0.05) is 12.3 Å². The van der Waals surface area contributed by atoms with Crippen LogP contribution in [0.15, 0.2) is 49.1 Å². The largest absolute Gasteiger partial charge is 0.387 e. The van der Waals surface area contributed by atoms with Gasteiger partial charge in [0.25, 0.3) is 0 Å². The smallest absolute Gasteiger partial charge is 0.0946 e. The highest BCUT2D eigenvalue weighted by Crippen LogP contribution is 2.22. The topological polar surface area (TPSA) is 32.3 Å². The van der Waals surface area contributed by atoms with Crippen LogP contribution in [0.25, 0.3) is 0 Å². The van der Waals surface area contributed by atoms with E-state index in [2.05, 4.69) is 18.5 Å². The molecular weight excluding hydrogens is 205 g/mol. The molecule has 82 valence electrons. The third-order valence-corrected chi connectivity index (χ3v) is 3.49. The second-order valence-electron chi connectivity index (χ2n) is 3.38. The van der Waals surface area contributed by atoms with Crippen molar-refractivity contribution in [1.82, 2.24) is 5.32 Å². The van der Waals surface area contributed by atoms with Gasteiger partial charge < -0.3 is 10.4 Å². The first kappa shape index (κ1) is 12.4. The quantitative estimate of drug-likeness (QED) is 0.550. The van der Waals surface area contributed by atoms with Gasteiger partial charge in [-0.3, -0.25) is 0 Å². The van der Waals surface area contributed by atoms with Gasteiger partial charge in [0.2, 0.25) is 0 Å². The molecule has 2 nitrogen and oxygen atoms in total. The fraction of sp³-hybridized carbons (Fsp3) is 0.333. The summed E-state index contributed by atoms with van der Waals surface area (Å²) < 4.78 is 0. The fourth-order valence-electron chi connectivity index (χ4n) is 1.53.